The van der Waals surface area contributed by atoms with Gasteiger partial charge in [-0.05, 0) is 18.1 Å². The largest absolute Gasteiger partial charge is 0.373 e. The maximum absolute atomic E-state index is 10.7. The molecule has 0 aliphatic heterocycles. The van der Waals surface area contributed by atoms with Crippen molar-refractivity contribution >= 4 is 17.2 Å². The number of aromatic nitrogens is 1. The lowest BCUT2D eigenvalue weighted by atomic mass is 10.1. The van der Waals surface area contributed by atoms with Gasteiger partial charge in [0.2, 0.25) is 0 Å². The van der Waals surface area contributed by atoms with Crippen molar-refractivity contribution in [1.82, 2.24) is 4.57 Å². The second kappa shape index (κ2) is 5.15. The van der Waals surface area contributed by atoms with E-state index in [1.165, 1.54) is 0 Å². The molecule has 0 saturated heterocycles. The normalized spacial score (nSPS) is 12.8. The second-order valence-electron chi connectivity index (χ2n) is 4.22. The molecule has 0 aliphatic rings. The first-order valence-corrected chi connectivity index (χ1v) is 5.98. The fraction of sp³-hybridized carbons (Fsp3) is 0.357. The van der Waals surface area contributed by atoms with Gasteiger partial charge in [0.25, 0.3) is 0 Å². The fourth-order valence-corrected chi connectivity index (χ4v) is 2.17. The third kappa shape index (κ3) is 2.24. The summed E-state index contributed by atoms with van der Waals surface area (Å²) >= 11 is 0. The van der Waals surface area contributed by atoms with Gasteiger partial charge >= 0.3 is 0 Å². The molecule has 0 radical (unpaired) electrons. The van der Waals surface area contributed by atoms with Crippen LogP contribution in [0.15, 0.2) is 30.5 Å². The van der Waals surface area contributed by atoms with Gasteiger partial charge in [0.05, 0.1) is 5.52 Å². The van der Waals surface area contributed by atoms with E-state index in [0.29, 0.717) is 6.42 Å². The average Bonchev–Trinajstić information content (AvgIpc) is 2.70. The lowest BCUT2D eigenvalue weighted by Crippen LogP contribution is -2.06. The van der Waals surface area contributed by atoms with E-state index in [-0.39, 0.29) is 0 Å². The number of hydrogen-bond acceptors (Lipinski definition) is 2. The Labute approximate surface area is 101 Å². The number of aldehydes is 1. The van der Waals surface area contributed by atoms with Crippen LogP contribution in [0.5, 0.6) is 0 Å². The molecular formula is C14H17NO2. The molecular weight excluding hydrogens is 214 g/mol. The number of benzene rings is 1. The van der Waals surface area contributed by atoms with E-state index in [2.05, 4.69) is 0 Å². The number of hydrogen-bond donors (Lipinski definition) is 1. The molecule has 17 heavy (non-hydrogen) atoms. The highest BCUT2D eigenvalue weighted by Gasteiger charge is 2.12. The first-order chi connectivity index (χ1) is 8.27. The molecule has 1 unspecified atom stereocenters. The van der Waals surface area contributed by atoms with Crippen molar-refractivity contribution in [2.75, 3.05) is 0 Å². The summed E-state index contributed by atoms with van der Waals surface area (Å²) in [5.41, 5.74) is 1.97. The molecule has 1 aromatic heterocycles. The van der Waals surface area contributed by atoms with Crippen LogP contribution in [0.3, 0.4) is 0 Å². The molecule has 3 nitrogen and oxygen atoms in total. The minimum atomic E-state index is -0.509. The molecule has 0 saturated carbocycles. The van der Waals surface area contributed by atoms with Crippen LogP contribution in [-0.4, -0.2) is 16.0 Å². The van der Waals surface area contributed by atoms with Crippen molar-refractivity contribution in [2.45, 2.75) is 32.4 Å². The lowest BCUT2D eigenvalue weighted by Gasteiger charge is -2.12. The standard InChI is InChI=1S/C14H17NO2/c1-2-5-14(17)15-10-11(8-9-16)12-6-3-4-7-13(12)15/h3-4,6-7,9-10,14,17H,2,5,8H2,1H3. The third-order valence-corrected chi connectivity index (χ3v) is 2.99. The number of carbonyl (C=O) groups is 1. The Morgan fingerprint density at radius 1 is 1.41 bits per heavy atom. The molecule has 0 fully saturated rings. The summed E-state index contributed by atoms with van der Waals surface area (Å²) < 4.78 is 1.86. The van der Waals surface area contributed by atoms with E-state index in [4.69, 9.17) is 0 Å². The summed E-state index contributed by atoms with van der Waals surface area (Å²) in [6, 6.07) is 7.86. The van der Waals surface area contributed by atoms with Gasteiger partial charge in [-0.3, -0.25) is 0 Å². The molecule has 1 N–H and O–H groups in total. The second-order valence-corrected chi connectivity index (χ2v) is 4.22. The van der Waals surface area contributed by atoms with Crippen molar-refractivity contribution in [3.63, 3.8) is 0 Å². The SMILES string of the molecule is CCCC(O)n1cc(CC=O)c2ccccc21. The fourth-order valence-electron chi connectivity index (χ4n) is 2.17. The molecule has 0 spiro atoms. The highest BCUT2D eigenvalue weighted by atomic mass is 16.3. The predicted octanol–water partition coefficient (Wildman–Crippen LogP) is 2.67. The van der Waals surface area contributed by atoms with Gasteiger partial charge in [-0.15, -0.1) is 0 Å². The summed E-state index contributed by atoms with van der Waals surface area (Å²) in [5.74, 6) is 0. The Hall–Kier alpha value is -1.61. The first kappa shape index (κ1) is 11.9. The summed E-state index contributed by atoms with van der Waals surface area (Å²) in [4.78, 5) is 10.7. The van der Waals surface area contributed by atoms with Crippen molar-refractivity contribution in [2.24, 2.45) is 0 Å². The Kier molecular flexibility index (Phi) is 3.59. The Bertz CT molecular complexity index is 516. The number of aliphatic hydroxyl groups excluding tert-OH is 1. The lowest BCUT2D eigenvalue weighted by molar-refractivity contribution is -0.107. The highest BCUT2D eigenvalue weighted by Crippen LogP contribution is 2.25. The van der Waals surface area contributed by atoms with Gasteiger partial charge in [0, 0.05) is 18.0 Å². The zero-order valence-electron chi connectivity index (χ0n) is 9.97. The Morgan fingerprint density at radius 2 is 2.18 bits per heavy atom. The van der Waals surface area contributed by atoms with Crippen LogP contribution in [0.2, 0.25) is 0 Å². The monoisotopic (exact) mass is 231 g/mol. The number of para-hydroxylation sites is 1. The predicted molar refractivity (Wildman–Crippen MR) is 67.9 cm³/mol. The number of carbonyl (C=O) groups excluding carboxylic acids is 1. The maximum Gasteiger partial charge on any atom is 0.130 e. The number of aliphatic hydroxyl groups is 1. The third-order valence-electron chi connectivity index (χ3n) is 2.99. The summed E-state index contributed by atoms with van der Waals surface area (Å²) in [7, 11) is 0. The molecule has 1 heterocycles. The van der Waals surface area contributed by atoms with Crippen molar-refractivity contribution in [1.29, 1.82) is 0 Å². The first-order valence-electron chi connectivity index (χ1n) is 5.98. The van der Waals surface area contributed by atoms with Gasteiger partial charge < -0.3 is 14.5 Å². The van der Waals surface area contributed by atoms with Crippen LogP contribution in [0.25, 0.3) is 10.9 Å². The van der Waals surface area contributed by atoms with Gasteiger partial charge in [0.15, 0.2) is 0 Å². The molecule has 1 aromatic carbocycles. The topological polar surface area (TPSA) is 42.2 Å². The van der Waals surface area contributed by atoms with E-state index >= 15 is 0 Å². The minimum Gasteiger partial charge on any atom is -0.373 e. The number of fused-ring (bicyclic) bond motifs is 1. The molecule has 0 amide bonds. The van der Waals surface area contributed by atoms with Crippen molar-refractivity contribution in [3.8, 4) is 0 Å². The van der Waals surface area contributed by atoms with Crippen molar-refractivity contribution < 1.29 is 9.90 Å². The van der Waals surface area contributed by atoms with E-state index in [1.54, 1.807) is 0 Å². The highest BCUT2D eigenvalue weighted by molar-refractivity contribution is 5.85. The molecule has 1 atom stereocenters. The average molecular weight is 231 g/mol. The molecule has 2 aromatic rings. The maximum atomic E-state index is 10.7. The van der Waals surface area contributed by atoms with Crippen LogP contribution in [0, 0.1) is 0 Å². The van der Waals surface area contributed by atoms with Crippen LogP contribution in [-0.2, 0) is 11.2 Å². The van der Waals surface area contributed by atoms with Gasteiger partial charge in [-0.25, -0.2) is 0 Å². The summed E-state index contributed by atoms with van der Waals surface area (Å²) in [6.45, 7) is 2.04. The van der Waals surface area contributed by atoms with Crippen molar-refractivity contribution in [3.05, 3.63) is 36.0 Å². The van der Waals surface area contributed by atoms with E-state index < -0.39 is 6.23 Å². The summed E-state index contributed by atoms with van der Waals surface area (Å²) in [5, 5.41) is 11.1. The van der Waals surface area contributed by atoms with Gasteiger partial charge in [-0.2, -0.15) is 0 Å². The molecule has 0 aliphatic carbocycles. The van der Waals surface area contributed by atoms with E-state index in [1.807, 2.05) is 42.0 Å². The van der Waals surface area contributed by atoms with Crippen LogP contribution in [0.1, 0.15) is 31.6 Å². The Morgan fingerprint density at radius 3 is 2.88 bits per heavy atom. The van der Waals surface area contributed by atoms with Crippen LogP contribution >= 0.6 is 0 Å². The van der Waals surface area contributed by atoms with Gasteiger partial charge in [-0.1, -0.05) is 31.5 Å². The quantitative estimate of drug-likeness (QED) is 0.804. The zero-order valence-corrected chi connectivity index (χ0v) is 9.97. The molecule has 2 rings (SSSR count). The van der Waals surface area contributed by atoms with Crippen LogP contribution in [0.4, 0.5) is 0 Å². The Balaban J connectivity index is 2.51. The minimum absolute atomic E-state index is 0.395. The number of nitrogens with zero attached hydrogens (tertiary/aromatic N) is 1. The zero-order chi connectivity index (χ0) is 12.3. The van der Waals surface area contributed by atoms with Gasteiger partial charge in [0.1, 0.15) is 12.5 Å². The molecule has 90 valence electrons. The summed E-state index contributed by atoms with van der Waals surface area (Å²) in [6.07, 6.45) is 4.32. The van der Waals surface area contributed by atoms with Crippen LogP contribution < -0.4 is 0 Å². The van der Waals surface area contributed by atoms with E-state index in [0.717, 1.165) is 35.6 Å². The smallest absolute Gasteiger partial charge is 0.130 e. The molecule has 0 bridgehead atoms. The van der Waals surface area contributed by atoms with E-state index in [9.17, 15) is 9.90 Å². The number of rotatable bonds is 5. The molecule has 3 heteroatoms.